The van der Waals surface area contributed by atoms with Crippen LogP contribution < -0.4 is 9.62 Å². The molecule has 5 rings (SSSR count). The molecule has 0 amide bonds. The molecule has 9 nitrogen and oxygen atoms in total. The zero-order valence-corrected chi connectivity index (χ0v) is 23.7. The summed E-state index contributed by atoms with van der Waals surface area (Å²) in [6.45, 7) is 9.15. The van der Waals surface area contributed by atoms with Crippen molar-refractivity contribution in [1.82, 2.24) is 29.4 Å². The number of aromatic nitrogens is 4. The molecule has 1 N–H and O–H groups in total. The van der Waals surface area contributed by atoms with Gasteiger partial charge in [-0.1, -0.05) is 29.3 Å². The van der Waals surface area contributed by atoms with Crippen molar-refractivity contribution in [3.05, 3.63) is 45.7 Å². The quantitative estimate of drug-likeness (QED) is 0.444. The van der Waals surface area contributed by atoms with Crippen LogP contribution in [-0.4, -0.2) is 78.6 Å². The zero-order valence-electron chi connectivity index (χ0n) is 21.4. The number of anilines is 1. The van der Waals surface area contributed by atoms with Gasteiger partial charge in [0.1, 0.15) is 11.3 Å². The van der Waals surface area contributed by atoms with E-state index in [1.807, 2.05) is 29.9 Å². The molecule has 200 valence electrons. The Morgan fingerprint density at radius 2 is 1.97 bits per heavy atom. The van der Waals surface area contributed by atoms with Crippen LogP contribution in [0.15, 0.2) is 24.4 Å². The third-order valence-electron chi connectivity index (χ3n) is 7.57. The van der Waals surface area contributed by atoms with E-state index in [1.54, 1.807) is 6.07 Å². The highest BCUT2D eigenvalue weighted by Gasteiger charge is 2.36. The van der Waals surface area contributed by atoms with E-state index in [2.05, 4.69) is 21.4 Å². The molecule has 0 aliphatic carbocycles. The first-order chi connectivity index (χ1) is 17.6. The highest BCUT2D eigenvalue weighted by Crippen LogP contribution is 2.35. The molecule has 2 fully saturated rings. The standard InChI is InChI=1S/C25H33Cl2N7O2S/c1-16-24-25(34(31-16)17(2)21-7-6-20(26)11-22(21)27)30-23(12-28-24)33-14-19(15-33)18-5-4-9-32(13-18)10-8-29-37(3,35)36/h6-7,11-12,17-19,29H,4-5,8-10,13-15H2,1-3H3/t17-,18-/m1/s1. The fourth-order valence-electron chi connectivity index (χ4n) is 5.50. The summed E-state index contributed by atoms with van der Waals surface area (Å²) in [5.74, 6) is 2.07. The lowest BCUT2D eigenvalue weighted by Gasteiger charge is -2.47. The lowest BCUT2D eigenvalue weighted by molar-refractivity contribution is 0.121. The molecule has 2 atom stereocenters. The van der Waals surface area contributed by atoms with Gasteiger partial charge in [0.25, 0.3) is 0 Å². The Morgan fingerprint density at radius 1 is 1.19 bits per heavy atom. The maximum absolute atomic E-state index is 11.4. The van der Waals surface area contributed by atoms with Crippen molar-refractivity contribution < 1.29 is 8.42 Å². The molecule has 1 aromatic carbocycles. The third kappa shape index (κ3) is 5.88. The van der Waals surface area contributed by atoms with E-state index in [4.69, 9.17) is 38.3 Å². The highest BCUT2D eigenvalue weighted by atomic mass is 35.5. The number of nitrogens with one attached hydrogen (secondary N) is 1. The number of likely N-dealkylation sites (tertiary alicyclic amines) is 1. The van der Waals surface area contributed by atoms with Gasteiger partial charge in [-0.05, 0) is 62.8 Å². The molecular formula is C25H33Cl2N7O2S. The minimum absolute atomic E-state index is 0.125. The van der Waals surface area contributed by atoms with Crippen LogP contribution in [0.1, 0.15) is 37.1 Å². The van der Waals surface area contributed by atoms with Crippen LogP contribution in [0.4, 0.5) is 5.82 Å². The predicted molar refractivity (Wildman–Crippen MR) is 148 cm³/mol. The minimum Gasteiger partial charge on any atom is -0.355 e. The first-order valence-electron chi connectivity index (χ1n) is 12.7. The summed E-state index contributed by atoms with van der Waals surface area (Å²) in [4.78, 5) is 14.4. The topological polar surface area (TPSA) is 96.3 Å². The van der Waals surface area contributed by atoms with Crippen LogP contribution in [-0.2, 0) is 10.0 Å². The van der Waals surface area contributed by atoms with E-state index in [0.29, 0.717) is 28.4 Å². The maximum atomic E-state index is 11.4. The summed E-state index contributed by atoms with van der Waals surface area (Å²) >= 11 is 12.6. The molecule has 2 aliphatic rings. The summed E-state index contributed by atoms with van der Waals surface area (Å²) in [5.41, 5.74) is 3.31. The van der Waals surface area contributed by atoms with Gasteiger partial charge in [-0.25, -0.2) is 27.8 Å². The third-order valence-corrected chi connectivity index (χ3v) is 8.86. The predicted octanol–water partition coefficient (Wildman–Crippen LogP) is 3.75. The number of halogens is 2. The Morgan fingerprint density at radius 3 is 2.70 bits per heavy atom. The Bertz CT molecular complexity index is 1390. The smallest absolute Gasteiger partial charge is 0.208 e. The molecule has 3 aromatic rings. The summed E-state index contributed by atoms with van der Waals surface area (Å²) in [7, 11) is -3.14. The first-order valence-corrected chi connectivity index (χ1v) is 15.3. The van der Waals surface area contributed by atoms with Gasteiger partial charge in [-0.2, -0.15) is 5.10 Å². The van der Waals surface area contributed by atoms with Crippen molar-refractivity contribution in [3.8, 4) is 0 Å². The normalized spacial score (nSPS) is 20.4. The fourth-order valence-corrected chi connectivity index (χ4v) is 6.53. The van der Waals surface area contributed by atoms with E-state index in [-0.39, 0.29) is 6.04 Å². The fraction of sp³-hybridized carbons (Fsp3) is 0.560. The number of piperidine rings is 1. The molecular weight excluding hydrogens is 533 g/mol. The van der Waals surface area contributed by atoms with Crippen LogP contribution >= 0.6 is 23.2 Å². The Hall–Kier alpha value is -1.98. The molecule has 0 unspecified atom stereocenters. The minimum atomic E-state index is -3.14. The number of hydrogen-bond donors (Lipinski definition) is 1. The molecule has 12 heteroatoms. The maximum Gasteiger partial charge on any atom is 0.208 e. The van der Waals surface area contributed by atoms with Crippen LogP contribution in [0.3, 0.4) is 0 Å². The average molecular weight is 567 g/mol. The number of fused-ring (bicyclic) bond motifs is 1. The Balaban J connectivity index is 1.26. The van der Waals surface area contributed by atoms with Gasteiger partial charge in [0.15, 0.2) is 5.65 Å². The first kappa shape index (κ1) is 26.6. The van der Waals surface area contributed by atoms with Crippen LogP contribution in [0, 0.1) is 18.8 Å². The lowest BCUT2D eigenvalue weighted by Crippen LogP contribution is -2.54. The second kappa shape index (κ2) is 10.6. The van der Waals surface area contributed by atoms with Gasteiger partial charge in [-0.3, -0.25) is 0 Å². The lowest BCUT2D eigenvalue weighted by atomic mass is 9.80. The van der Waals surface area contributed by atoms with Crippen molar-refractivity contribution in [2.24, 2.45) is 11.8 Å². The van der Waals surface area contributed by atoms with E-state index < -0.39 is 10.0 Å². The summed E-state index contributed by atoms with van der Waals surface area (Å²) in [6.07, 6.45) is 5.42. The molecule has 2 aromatic heterocycles. The van der Waals surface area contributed by atoms with Crippen molar-refractivity contribution in [3.63, 3.8) is 0 Å². The highest BCUT2D eigenvalue weighted by molar-refractivity contribution is 7.88. The van der Waals surface area contributed by atoms with Crippen molar-refractivity contribution in [2.75, 3.05) is 50.4 Å². The summed E-state index contributed by atoms with van der Waals surface area (Å²) < 4.78 is 27.2. The van der Waals surface area contributed by atoms with Crippen molar-refractivity contribution in [1.29, 1.82) is 0 Å². The number of rotatable bonds is 8. The molecule has 2 saturated heterocycles. The molecule has 2 aliphatic heterocycles. The van der Waals surface area contributed by atoms with Gasteiger partial charge < -0.3 is 9.80 Å². The molecule has 0 radical (unpaired) electrons. The zero-order chi connectivity index (χ0) is 26.3. The number of hydrogen-bond acceptors (Lipinski definition) is 7. The molecule has 0 saturated carbocycles. The number of nitrogens with zero attached hydrogens (tertiary/aromatic N) is 6. The van der Waals surface area contributed by atoms with Gasteiger partial charge in [0, 0.05) is 42.8 Å². The second-order valence-corrected chi connectivity index (χ2v) is 13.0. The van der Waals surface area contributed by atoms with Gasteiger partial charge >= 0.3 is 0 Å². The summed E-state index contributed by atoms with van der Waals surface area (Å²) in [5, 5.41) is 5.95. The Kier molecular flexibility index (Phi) is 7.66. The summed E-state index contributed by atoms with van der Waals surface area (Å²) in [6, 6.07) is 5.39. The SMILES string of the molecule is Cc1nn([C@H](C)c2ccc(Cl)cc2Cl)c2nc(N3CC([C@@H]4CCCN(CCNS(C)(=O)=O)C4)C3)cnc12. The van der Waals surface area contributed by atoms with Crippen molar-refractivity contribution in [2.45, 2.75) is 32.7 Å². The van der Waals surface area contributed by atoms with Crippen LogP contribution in [0.5, 0.6) is 0 Å². The van der Waals surface area contributed by atoms with Gasteiger partial charge in [0.05, 0.1) is 24.2 Å². The van der Waals surface area contributed by atoms with Crippen LogP contribution in [0.25, 0.3) is 11.2 Å². The second-order valence-electron chi connectivity index (χ2n) is 10.3. The van der Waals surface area contributed by atoms with E-state index in [9.17, 15) is 8.42 Å². The molecule has 0 spiro atoms. The van der Waals surface area contributed by atoms with Gasteiger partial charge in [-0.15, -0.1) is 0 Å². The molecule has 0 bridgehead atoms. The number of benzene rings is 1. The molecule has 4 heterocycles. The van der Waals surface area contributed by atoms with E-state index >= 15 is 0 Å². The van der Waals surface area contributed by atoms with Crippen molar-refractivity contribution >= 4 is 50.2 Å². The van der Waals surface area contributed by atoms with Gasteiger partial charge in [0.2, 0.25) is 10.0 Å². The monoisotopic (exact) mass is 565 g/mol. The van der Waals surface area contributed by atoms with E-state index in [1.165, 1.54) is 12.7 Å². The number of sulfonamides is 1. The molecule has 37 heavy (non-hydrogen) atoms. The largest absolute Gasteiger partial charge is 0.355 e. The Labute approximate surface area is 228 Å². The average Bonchev–Trinajstić information content (AvgIpc) is 3.13. The van der Waals surface area contributed by atoms with E-state index in [0.717, 1.165) is 67.4 Å². The van der Waals surface area contributed by atoms with Crippen LogP contribution in [0.2, 0.25) is 10.0 Å². The number of aryl methyl sites for hydroxylation is 1.